The summed E-state index contributed by atoms with van der Waals surface area (Å²) in [5, 5.41) is 4.52. The van der Waals surface area contributed by atoms with Gasteiger partial charge in [-0.2, -0.15) is 0 Å². The summed E-state index contributed by atoms with van der Waals surface area (Å²) in [7, 11) is 0. The third-order valence-corrected chi connectivity index (χ3v) is 7.34. The molecule has 0 saturated heterocycles. The second-order valence-corrected chi connectivity index (χ2v) is 9.16. The number of aryl methyl sites for hydroxylation is 1. The summed E-state index contributed by atoms with van der Waals surface area (Å²) in [5.74, 6) is -0.567. The van der Waals surface area contributed by atoms with Crippen LogP contribution in [0.2, 0.25) is 0 Å². The molecule has 1 saturated carbocycles. The zero-order valence-corrected chi connectivity index (χ0v) is 18.0. The number of ether oxygens (including phenoxy) is 1. The number of carbonyl (C=O) groups excluding carboxylic acids is 1. The van der Waals surface area contributed by atoms with E-state index in [9.17, 15) is 9.59 Å². The molecule has 0 radical (unpaired) electrons. The molecule has 1 atom stereocenters. The van der Waals surface area contributed by atoms with Gasteiger partial charge in [-0.15, -0.1) is 11.3 Å². The van der Waals surface area contributed by atoms with Crippen LogP contribution >= 0.6 is 11.3 Å². The second-order valence-electron chi connectivity index (χ2n) is 8.08. The topological polar surface area (TPSA) is 97.1 Å². The largest absolute Gasteiger partial charge is 0.462 e. The monoisotopic (exact) mass is 434 g/mol. The molecule has 0 N–H and O–H groups in total. The lowest BCUT2D eigenvalue weighted by Crippen LogP contribution is -2.20. The molecule has 5 rings (SSSR count). The Morgan fingerprint density at radius 1 is 1.32 bits per heavy atom. The summed E-state index contributed by atoms with van der Waals surface area (Å²) in [5.41, 5.74) is 11.8. The van der Waals surface area contributed by atoms with Gasteiger partial charge in [0, 0.05) is 32.3 Å². The van der Waals surface area contributed by atoms with Crippen LogP contribution in [0.3, 0.4) is 0 Å². The molecule has 2 aromatic heterocycles. The van der Waals surface area contributed by atoms with E-state index in [1.807, 2.05) is 18.2 Å². The number of fused-ring (bicyclic) bond motifs is 2. The lowest BCUT2D eigenvalue weighted by molar-refractivity contribution is 0.0524. The summed E-state index contributed by atoms with van der Waals surface area (Å²) in [6.07, 6.45) is 6.63. The molecule has 2 heterocycles. The first kappa shape index (κ1) is 19.8. The van der Waals surface area contributed by atoms with Crippen LogP contribution in [0.25, 0.3) is 31.8 Å². The average Bonchev–Trinajstić information content (AvgIpc) is 3.52. The smallest absolute Gasteiger partial charge is 0.343 e. The van der Waals surface area contributed by atoms with Crippen molar-refractivity contribution in [1.29, 1.82) is 0 Å². The molecule has 1 aromatic carbocycles. The zero-order chi connectivity index (χ0) is 21.5. The highest BCUT2D eigenvalue weighted by atomic mass is 32.1. The third kappa shape index (κ3) is 3.52. The van der Waals surface area contributed by atoms with E-state index in [0.29, 0.717) is 11.4 Å². The molecule has 7 nitrogen and oxygen atoms in total. The molecule has 1 fully saturated rings. The van der Waals surface area contributed by atoms with E-state index in [1.165, 1.54) is 5.56 Å². The Balaban J connectivity index is 1.64. The Bertz CT molecular complexity index is 1300. The number of esters is 1. The van der Waals surface area contributed by atoms with Crippen LogP contribution in [0.15, 0.2) is 40.4 Å². The number of benzene rings is 1. The Morgan fingerprint density at radius 2 is 2.16 bits per heavy atom. The summed E-state index contributed by atoms with van der Waals surface area (Å²) in [6, 6.07) is 8.20. The van der Waals surface area contributed by atoms with Crippen LogP contribution in [0.4, 0.5) is 0 Å². The molecule has 3 aromatic rings. The van der Waals surface area contributed by atoms with Gasteiger partial charge in [-0.1, -0.05) is 11.2 Å². The summed E-state index contributed by atoms with van der Waals surface area (Å²) >= 11 is 1.67. The summed E-state index contributed by atoms with van der Waals surface area (Å²) < 4.78 is 7.16. The minimum Gasteiger partial charge on any atom is -0.462 e. The number of hydrogen-bond donors (Lipinski definition) is 0. The molecule has 2 aliphatic rings. The number of azide groups is 1. The number of carbonyl (C=O) groups is 1. The first-order chi connectivity index (χ1) is 15.1. The Kier molecular flexibility index (Phi) is 5.04. The fourth-order valence-corrected chi connectivity index (χ4v) is 5.64. The molecule has 158 valence electrons. The van der Waals surface area contributed by atoms with Crippen molar-refractivity contribution in [2.45, 2.75) is 51.1 Å². The van der Waals surface area contributed by atoms with Gasteiger partial charge in [-0.25, -0.2) is 4.79 Å². The SMILES string of the molecule is CCOC(=O)c1cn(C2CC2)c2cc(-c3cc4c(s3)C(N=[N+]=[N-])CCC4)ccc2c1=O. The Hall–Kier alpha value is -3.09. The van der Waals surface area contributed by atoms with Gasteiger partial charge in [0.25, 0.3) is 0 Å². The number of nitrogens with zero attached hydrogens (tertiary/aromatic N) is 4. The maximum Gasteiger partial charge on any atom is 0.343 e. The third-order valence-electron chi connectivity index (χ3n) is 6.01. The van der Waals surface area contributed by atoms with Crippen LogP contribution < -0.4 is 5.43 Å². The van der Waals surface area contributed by atoms with Crippen LogP contribution in [0, 0.1) is 0 Å². The Morgan fingerprint density at radius 3 is 2.90 bits per heavy atom. The van der Waals surface area contributed by atoms with Crippen LogP contribution in [-0.4, -0.2) is 17.1 Å². The molecule has 31 heavy (non-hydrogen) atoms. The molecule has 0 bridgehead atoms. The fourth-order valence-electron chi connectivity index (χ4n) is 4.36. The predicted octanol–water partition coefficient (Wildman–Crippen LogP) is 5.93. The molecule has 0 amide bonds. The van der Waals surface area contributed by atoms with Crippen LogP contribution in [0.1, 0.15) is 65.5 Å². The molecular formula is C23H22N4O3S. The average molecular weight is 435 g/mol. The van der Waals surface area contributed by atoms with Gasteiger partial charge < -0.3 is 9.30 Å². The van der Waals surface area contributed by atoms with E-state index >= 15 is 0 Å². The molecule has 8 heteroatoms. The van der Waals surface area contributed by atoms with Gasteiger partial charge in [0.05, 0.1) is 18.2 Å². The quantitative estimate of drug-likeness (QED) is 0.215. The van der Waals surface area contributed by atoms with Gasteiger partial charge in [0.15, 0.2) is 0 Å². The summed E-state index contributed by atoms with van der Waals surface area (Å²) in [6.45, 7) is 1.97. The molecular weight excluding hydrogens is 412 g/mol. The summed E-state index contributed by atoms with van der Waals surface area (Å²) in [4.78, 5) is 30.6. The maximum absolute atomic E-state index is 13.0. The predicted molar refractivity (Wildman–Crippen MR) is 121 cm³/mol. The molecule has 0 spiro atoms. The first-order valence-corrected chi connectivity index (χ1v) is 11.5. The number of aromatic nitrogens is 1. The van der Waals surface area contributed by atoms with E-state index < -0.39 is 5.97 Å². The Labute approximate surface area is 182 Å². The van der Waals surface area contributed by atoms with Gasteiger partial charge in [-0.3, -0.25) is 4.79 Å². The number of rotatable bonds is 5. The van der Waals surface area contributed by atoms with Crippen molar-refractivity contribution in [1.82, 2.24) is 4.57 Å². The highest BCUT2D eigenvalue weighted by Crippen LogP contribution is 2.43. The van der Waals surface area contributed by atoms with Crippen LogP contribution in [-0.2, 0) is 11.2 Å². The molecule has 2 aliphatic carbocycles. The zero-order valence-electron chi connectivity index (χ0n) is 17.2. The minimum absolute atomic E-state index is 0.0928. The standard InChI is InChI=1S/C23H22N4O3S/c1-2-30-23(29)17-12-27(15-7-8-15)19-10-13(6-9-16(19)21(17)28)20-11-14-4-3-5-18(25-26-24)22(14)31-20/h6,9-12,15,18H,2-5,7-8H2,1H3. The number of thiophene rings is 1. The van der Waals surface area contributed by atoms with Crippen LogP contribution in [0.5, 0.6) is 0 Å². The number of pyridine rings is 1. The van der Waals surface area contributed by atoms with Crippen molar-refractivity contribution in [2.75, 3.05) is 6.61 Å². The van der Waals surface area contributed by atoms with E-state index in [1.54, 1.807) is 24.5 Å². The van der Waals surface area contributed by atoms with Crippen molar-refractivity contribution in [2.24, 2.45) is 5.11 Å². The lowest BCUT2D eigenvalue weighted by atomic mass is 9.95. The van der Waals surface area contributed by atoms with Crippen molar-refractivity contribution in [3.8, 4) is 10.4 Å². The van der Waals surface area contributed by atoms with E-state index in [4.69, 9.17) is 10.3 Å². The van der Waals surface area contributed by atoms with E-state index in [0.717, 1.165) is 52.9 Å². The second kappa shape index (κ2) is 7.87. The number of hydrogen-bond acceptors (Lipinski definition) is 5. The maximum atomic E-state index is 13.0. The van der Waals surface area contributed by atoms with E-state index in [2.05, 4.69) is 20.7 Å². The highest BCUT2D eigenvalue weighted by molar-refractivity contribution is 7.15. The fraction of sp³-hybridized carbons (Fsp3) is 0.391. The normalized spacial score (nSPS) is 17.8. The van der Waals surface area contributed by atoms with E-state index in [-0.39, 0.29) is 23.6 Å². The van der Waals surface area contributed by atoms with Gasteiger partial charge >= 0.3 is 5.97 Å². The first-order valence-electron chi connectivity index (χ1n) is 10.6. The minimum atomic E-state index is -0.567. The van der Waals surface area contributed by atoms with Gasteiger partial charge in [0.1, 0.15) is 5.56 Å². The highest BCUT2D eigenvalue weighted by Gasteiger charge is 2.28. The van der Waals surface area contributed by atoms with Crippen molar-refractivity contribution >= 4 is 28.2 Å². The molecule has 1 unspecified atom stereocenters. The van der Waals surface area contributed by atoms with Crippen molar-refractivity contribution in [3.63, 3.8) is 0 Å². The van der Waals surface area contributed by atoms with Gasteiger partial charge in [0.2, 0.25) is 5.43 Å². The van der Waals surface area contributed by atoms with Crippen molar-refractivity contribution in [3.05, 3.63) is 67.1 Å². The lowest BCUT2D eigenvalue weighted by Gasteiger charge is -2.16. The van der Waals surface area contributed by atoms with Gasteiger partial charge in [-0.05, 0) is 73.9 Å². The molecule has 0 aliphatic heterocycles. The van der Waals surface area contributed by atoms with Crippen molar-refractivity contribution < 1.29 is 9.53 Å².